The van der Waals surface area contributed by atoms with Crippen molar-refractivity contribution < 1.29 is 23.9 Å². The summed E-state index contributed by atoms with van der Waals surface area (Å²) in [5, 5.41) is 3.24. The number of carbonyl (C=O) groups excluding carboxylic acids is 3. The smallest absolute Gasteiger partial charge is 0.341 e. The Balaban J connectivity index is 1.77. The fourth-order valence-electron chi connectivity index (χ4n) is 3.29. The van der Waals surface area contributed by atoms with Gasteiger partial charge in [0.1, 0.15) is 10.8 Å². The number of thiophene rings is 1. The van der Waals surface area contributed by atoms with Crippen LogP contribution in [0.25, 0.3) is 0 Å². The van der Waals surface area contributed by atoms with Crippen molar-refractivity contribution in [2.45, 2.75) is 39.0 Å². The molecule has 3 rings (SSSR count). The normalized spacial score (nSPS) is 12.8. The van der Waals surface area contributed by atoms with Gasteiger partial charge in [-0.2, -0.15) is 0 Å². The molecule has 1 aliphatic rings. The molecule has 0 fully saturated rings. The Morgan fingerprint density at radius 2 is 1.96 bits per heavy atom. The Hall–Kier alpha value is -2.67. The van der Waals surface area contributed by atoms with Gasteiger partial charge in [-0.3, -0.25) is 9.59 Å². The number of fused-ring (bicyclic) bond motifs is 1. The first-order valence-electron chi connectivity index (χ1n) is 9.32. The predicted octanol–water partition coefficient (Wildman–Crippen LogP) is 4.02. The molecule has 2 aromatic rings. The van der Waals surface area contributed by atoms with Gasteiger partial charge in [-0.25, -0.2) is 4.79 Å². The number of benzene rings is 1. The number of carbonyl (C=O) groups is 3. The minimum absolute atomic E-state index is 0.269. The van der Waals surface area contributed by atoms with Gasteiger partial charge in [0, 0.05) is 10.4 Å². The summed E-state index contributed by atoms with van der Waals surface area (Å²) in [7, 11) is 1.52. The maximum atomic E-state index is 12.5. The van der Waals surface area contributed by atoms with Crippen LogP contribution in [0, 0.1) is 0 Å². The van der Waals surface area contributed by atoms with Gasteiger partial charge in [0.25, 0.3) is 0 Å². The van der Waals surface area contributed by atoms with Crippen molar-refractivity contribution in [3.8, 4) is 5.75 Å². The van der Waals surface area contributed by atoms with Crippen LogP contribution in [-0.2, 0) is 22.4 Å². The van der Waals surface area contributed by atoms with E-state index in [0.29, 0.717) is 21.9 Å². The standard InChI is InChI=1S/C21H23NO5S/c1-3-27-21(25)19-15-9-4-5-10-17(15)28-20(19)22-18(24)12-16(23)13-7-6-8-14(11-13)26-2/h6-8,11H,3-5,9-10,12H2,1-2H3,(H,22,24). The number of methoxy groups -OCH3 is 1. The lowest BCUT2D eigenvalue weighted by Gasteiger charge is -2.12. The van der Waals surface area contributed by atoms with Crippen molar-refractivity contribution in [3.05, 3.63) is 45.8 Å². The molecule has 148 valence electrons. The molecular weight excluding hydrogens is 378 g/mol. The zero-order valence-electron chi connectivity index (χ0n) is 16.0. The van der Waals surface area contributed by atoms with Gasteiger partial charge >= 0.3 is 5.97 Å². The predicted molar refractivity (Wildman–Crippen MR) is 107 cm³/mol. The molecule has 0 radical (unpaired) electrons. The summed E-state index contributed by atoms with van der Waals surface area (Å²) in [5.74, 6) is -0.620. The minimum atomic E-state index is -0.447. The summed E-state index contributed by atoms with van der Waals surface area (Å²) >= 11 is 1.41. The molecule has 1 aromatic heterocycles. The van der Waals surface area contributed by atoms with E-state index in [0.717, 1.165) is 36.1 Å². The molecule has 0 saturated carbocycles. The van der Waals surface area contributed by atoms with Crippen LogP contribution in [-0.4, -0.2) is 31.4 Å². The quantitative estimate of drug-likeness (QED) is 0.430. The van der Waals surface area contributed by atoms with Gasteiger partial charge in [-0.15, -0.1) is 11.3 Å². The van der Waals surface area contributed by atoms with Crippen molar-refractivity contribution in [3.63, 3.8) is 0 Å². The average Bonchev–Trinajstić information content (AvgIpc) is 3.05. The molecule has 0 saturated heterocycles. The van der Waals surface area contributed by atoms with E-state index in [1.807, 2.05) is 0 Å². The molecule has 0 aliphatic heterocycles. The van der Waals surface area contributed by atoms with Crippen LogP contribution in [0.2, 0.25) is 0 Å². The highest BCUT2D eigenvalue weighted by molar-refractivity contribution is 7.17. The number of amides is 1. The minimum Gasteiger partial charge on any atom is -0.497 e. The van der Waals surface area contributed by atoms with E-state index < -0.39 is 11.9 Å². The van der Waals surface area contributed by atoms with Crippen LogP contribution in [0.5, 0.6) is 5.75 Å². The van der Waals surface area contributed by atoms with E-state index in [9.17, 15) is 14.4 Å². The van der Waals surface area contributed by atoms with Crippen LogP contribution in [0.3, 0.4) is 0 Å². The lowest BCUT2D eigenvalue weighted by molar-refractivity contribution is -0.115. The topological polar surface area (TPSA) is 81.7 Å². The van der Waals surface area contributed by atoms with E-state index in [4.69, 9.17) is 9.47 Å². The van der Waals surface area contributed by atoms with Crippen LogP contribution in [0.1, 0.15) is 57.3 Å². The molecule has 28 heavy (non-hydrogen) atoms. The highest BCUT2D eigenvalue weighted by Crippen LogP contribution is 2.38. The Bertz CT molecular complexity index is 902. The molecule has 1 aromatic carbocycles. The van der Waals surface area contributed by atoms with Gasteiger partial charge in [0.15, 0.2) is 5.78 Å². The first-order chi connectivity index (χ1) is 13.5. The molecule has 1 heterocycles. The number of ether oxygens (including phenoxy) is 2. The van der Waals surface area contributed by atoms with Gasteiger partial charge in [-0.1, -0.05) is 12.1 Å². The zero-order chi connectivity index (χ0) is 20.1. The van der Waals surface area contributed by atoms with Crippen LogP contribution >= 0.6 is 11.3 Å². The lowest BCUT2D eigenvalue weighted by atomic mass is 9.95. The summed E-state index contributed by atoms with van der Waals surface area (Å²) in [5.41, 5.74) is 1.83. The van der Waals surface area contributed by atoms with Crippen molar-refractivity contribution >= 4 is 34.0 Å². The number of hydrogen-bond donors (Lipinski definition) is 1. The molecule has 0 spiro atoms. The Kier molecular flexibility index (Phi) is 6.46. The Labute approximate surface area is 167 Å². The molecule has 0 atom stereocenters. The van der Waals surface area contributed by atoms with Crippen LogP contribution in [0.15, 0.2) is 24.3 Å². The van der Waals surface area contributed by atoms with Crippen molar-refractivity contribution in [2.24, 2.45) is 0 Å². The van der Waals surface area contributed by atoms with Crippen molar-refractivity contribution in [1.29, 1.82) is 0 Å². The number of anilines is 1. The monoisotopic (exact) mass is 401 g/mol. The summed E-state index contributed by atoms with van der Waals surface area (Å²) < 4.78 is 10.3. The molecule has 6 nitrogen and oxygen atoms in total. The fraction of sp³-hybridized carbons (Fsp3) is 0.381. The molecule has 1 amide bonds. The highest BCUT2D eigenvalue weighted by Gasteiger charge is 2.27. The Morgan fingerprint density at radius 3 is 2.71 bits per heavy atom. The molecule has 7 heteroatoms. The number of ketones is 1. The first kappa shape index (κ1) is 20.1. The van der Waals surface area contributed by atoms with E-state index >= 15 is 0 Å². The second-order valence-electron chi connectivity index (χ2n) is 6.52. The maximum absolute atomic E-state index is 12.5. The molecule has 0 bridgehead atoms. The number of nitrogens with one attached hydrogen (secondary N) is 1. The summed E-state index contributed by atoms with van der Waals surface area (Å²) in [4.78, 5) is 38.5. The highest BCUT2D eigenvalue weighted by atomic mass is 32.1. The van der Waals surface area contributed by atoms with E-state index in [1.165, 1.54) is 18.4 Å². The number of aryl methyl sites for hydroxylation is 1. The molecule has 1 aliphatic carbocycles. The number of rotatable bonds is 7. The van der Waals surface area contributed by atoms with Crippen molar-refractivity contribution in [2.75, 3.05) is 19.0 Å². The summed E-state index contributed by atoms with van der Waals surface area (Å²) in [6.45, 7) is 2.02. The second kappa shape index (κ2) is 9.01. The number of hydrogen-bond acceptors (Lipinski definition) is 6. The molecule has 1 N–H and O–H groups in total. The van der Waals surface area contributed by atoms with Gasteiger partial charge in [0.05, 0.1) is 25.7 Å². The fourth-order valence-corrected chi connectivity index (χ4v) is 4.58. The van der Waals surface area contributed by atoms with Gasteiger partial charge in [0.2, 0.25) is 5.91 Å². The van der Waals surface area contributed by atoms with E-state index in [1.54, 1.807) is 31.2 Å². The van der Waals surface area contributed by atoms with Gasteiger partial charge < -0.3 is 14.8 Å². The SMILES string of the molecule is CCOC(=O)c1c(NC(=O)CC(=O)c2cccc(OC)c2)sc2c1CCCC2. The molecule has 0 unspecified atom stereocenters. The zero-order valence-corrected chi connectivity index (χ0v) is 16.8. The van der Waals surface area contributed by atoms with Crippen LogP contribution < -0.4 is 10.1 Å². The Morgan fingerprint density at radius 1 is 1.18 bits per heavy atom. The summed E-state index contributed by atoms with van der Waals surface area (Å²) in [6, 6.07) is 6.68. The summed E-state index contributed by atoms with van der Waals surface area (Å²) in [6.07, 6.45) is 3.47. The number of Topliss-reactive ketones (excluding diaryl/α,β-unsaturated/α-hetero) is 1. The number of esters is 1. The second-order valence-corrected chi connectivity index (χ2v) is 7.62. The maximum Gasteiger partial charge on any atom is 0.341 e. The van der Waals surface area contributed by atoms with Crippen LogP contribution in [0.4, 0.5) is 5.00 Å². The first-order valence-corrected chi connectivity index (χ1v) is 10.1. The van der Waals surface area contributed by atoms with E-state index in [2.05, 4.69) is 5.32 Å². The van der Waals surface area contributed by atoms with E-state index in [-0.39, 0.29) is 18.8 Å². The van der Waals surface area contributed by atoms with Gasteiger partial charge in [-0.05, 0) is 50.3 Å². The molecular formula is C21H23NO5S. The largest absolute Gasteiger partial charge is 0.497 e. The third-order valence-corrected chi connectivity index (χ3v) is 5.82. The van der Waals surface area contributed by atoms with Crippen molar-refractivity contribution in [1.82, 2.24) is 0 Å². The third-order valence-electron chi connectivity index (χ3n) is 4.62. The third kappa shape index (κ3) is 4.42. The lowest BCUT2D eigenvalue weighted by Crippen LogP contribution is -2.18. The average molecular weight is 401 g/mol.